The lowest BCUT2D eigenvalue weighted by molar-refractivity contribution is 0.986. The Bertz CT molecular complexity index is 580. The highest BCUT2D eigenvalue weighted by Crippen LogP contribution is 2.30. The Labute approximate surface area is 120 Å². The smallest absolute Gasteiger partial charge is 0.141 e. The van der Waals surface area contributed by atoms with Crippen LogP contribution in [0.15, 0.2) is 30.6 Å². The van der Waals surface area contributed by atoms with Crippen LogP contribution < -0.4 is 10.2 Å². The maximum Gasteiger partial charge on any atom is 0.141 e. The molecule has 1 heterocycles. The van der Waals surface area contributed by atoms with Crippen molar-refractivity contribution in [2.45, 2.75) is 27.2 Å². The van der Waals surface area contributed by atoms with Crippen molar-refractivity contribution in [3.8, 4) is 0 Å². The molecule has 20 heavy (non-hydrogen) atoms. The third-order valence-corrected chi connectivity index (χ3v) is 3.41. The number of anilines is 3. The first-order chi connectivity index (χ1) is 9.69. The van der Waals surface area contributed by atoms with Gasteiger partial charge in [-0.2, -0.15) is 0 Å². The van der Waals surface area contributed by atoms with Crippen molar-refractivity contribution in [3.05, 3.63) is 41.7 Å². The predicted molar refractivity (Wildman–Crippen MR) is 84.8 cm³/mol. The summed E-state index contributed by atoms with van der Waals surface area (Å²) in [4.78, 5) is 11.0. The van der Waals surface area contributed by atoms with E-state index in [1.807, 2.05) is 0 Å². The van der Waals surface area contributed by atoms with Crippen LogP contribution in [0, 0.1) is 6.92 Å². The molecule has 0 spiro atoms. The largest absolute Gasteiger partial charge is 0.370 e. The monoisotopic (exact) mass is 270 g/mol. The van der Waals surface area contributed by atoms with E-state index in [1.54, 1.807) is 6.33 Å². The minimum absolute atomic E-state index is 0.859. The van der Waals surface area contributed by atoms with E-state index >= 15 is 0 Å². The fourth-order valence-corrected chi connectivity index (χ4v) is 2.39. The molecule has 106 valence electrons. The van der Waals surface area contributed by atoms with Crippen molar-refractivity contribution in [3.63, 3.8) is 0 Å². The number of hydrogen-bond acceptors (Lipinski definition) is 4. The second-order valence-electron chi connectivity index (χ2n) is 4.75. The van der Waals surface area contributed by atoms with Crippen LogP contribution in [0.4, 0.5) is 17.3 Å². The molecule has 0 radical (unpaired) electrons. The Kier molecular flexibility index (Phi) is 4.56. The molecule has 1 aromatic carbocycles. The molecule has 0 fully saturated rings. The Hall–Kier alpha value is -2.10. The highest BCUT2D eigenvalue weighted by molar-refractivity contribution is 5.68. The van der Waals surface area contributed by atoms with E-state index in [0.29, 0.717) is 0 Å². The van der Waals surface area contributed by atoms with Crippen LogP contribution in [0.3, 0.4) is 0 Å². The zero-order valence-electron chi connectivity index (χ0n) is 12.6. The Morgan fingerprint density at radius 3 is 2.55 bits per heavy atom. The van der Waals surface area contributed by atoms with E-state index in [0.717, 1.165) is 30.2 Å². The first-order valence-electron chi connectivity index (χ1n) is 7.06. The van der Waals surface area contributed by atoms with E-state index in [9.17, 15) is 0 Å². The van der Waals surface area contributed by atoms with E-state index < -0.39 is 0 Å². The van der Waals surface area contributed by atoms with E-state index in [-0.39, 0.29) is 0 Å². The molecule has 4 heteroatoms. The minimum Gasteiger partial charge on any atom is -0.370 e. The van der Waals surface area contributed by atoms with Crippen molar-refractivity contribution in [2.75, 3.05) is 23.8 Å². The van der Waals surface area contributed by atoms with Gasteiger partial charge in [-0.3, -0.25) is 0 Å². The summed E-state index contributed by atoms with van der Waals surface area (Å²) < 4.78 is 0. The van der Waals surface area contributed by atoms with Crippen LogP contribution in [0.2, 0.25) is 0 Å². The Morgan fingerprint density at radius 2 is 1.90 bits per heavy atom. The number of para-hydroxylation sites is 1. The number of aryl methyl sites for hydroxylation is 1. The molecule has 0 amide bonds. The van der Waals surface area contributed by atoms with Gasteiger partial charge in [0.1, 0.15) is 18.0 Å². The van der Waals surface area contributed by atoms with Gasteiger partial charge in [0.2, 0.25) is 0 Å². The van der Waals surface area contributed by atoms with Crippen LogP contribution in [-0.2, 0) is 6.42 Å². The maximum atomic E-state index is 4.48. The van der Waals surface area contributed by atoms with E-state index in [1.165, 1.54) is 11.3 Å². The zero-order valence-corrected chi connectivity index (χ0v) is 12.6. The van der Waals surface area contributed by atoms with Gasteiger partial charge in [0.15, 0.2) is 0 Å². The molecule has 0 aliphatic rings. The van der Waals surface area contributed by atoms with Gasteiger partial charge in [0.25, 0.3) is 0 Å². The molecule has 1 aromatic heterocycles. The van der Waals surface area contributed by atoms with Crippen LogP contribution in [0.25, 0.3) is 0 Å². The summed E-state index contributed by atoms with van der Waals surface area (Å²) in [6.07, 6.45) is 2.52. The first kappa shape index (κ1) is 14.3. The van der Waals surface area contributed by atoms with Crippen molar-refractivity contribution in [1.29, 1.82) is 0 Å². The predicted octanol–water partition coefficient (Wildman–Crippen LogP) is 3.55. The van der Waals surface area contributed by atoms with Gasteiger partial charge in [0.05, 0.1) is 0 Å². The van der Waals surface area contributed by atoms with E-state index in [4.69, 9.17) is 0 Å². The van der Waals surface area contributed by atoms with Gasteiger partial charge < -0.3 is 10.2 Å². The minimum atomic E-state index is 0.859. The van der Waals surface area contributed by atoms with Gasteiger partial charge in [0, 0.05) is 24.8 Å². The molecule has 4 nitrogen and oxygen atoms in total. The van der Waals surface area contributed by atoms with Gasteiger partial charge in [-0.15, -0.1) is 0 Å². The van der Waals surface area contributed by atoms with Gasteiger partial charge in [-0.05, 0) is 31.9 Å². The van der Waals surface area contributed by atoms with Crippen LogP contribution >= 0.6 is 0 Å². The number of hydrogen-bond donors (Lipinski definition) is 1. The quantitative estimate of drug-likeness (QED) is 0.902. The number of rotatable bonds is 5. The van der Waals surface area contributed by atoms with Crippen molar-refractivity contribution < 1.29 is 0 Å². The fourth-order valence-electron chi connectivity index (χ4n) is 2.39. The zero-order chi connectivity index (χ0) is 14.5. The second-order valence-corrected chi connectivity index (χ2v) is 4.75. The highest BCUT2D eigenvalue weighted by atomic mass is 15.2. The molecule has 0 atom stereocenters. The Morgan fingerprint density at radius 1 is 1.15 bits per heavy atom. The molecular formula is C16H22N4. The highest BCUT2D eigenvalue weighted by Gasteiger charge is 2.15. The molecule has 0 bridgehead atoms. The summed E-state index contributed by atoms with van der Waals surface area (Å²) in [7, 11) is 2.06. The topological polar surface area (TPSA) is 41.1 Å². The molecule has 0 aliphatic heterocycles. The van der Waals surface area contributed by atoms with Gasteiger partial charge in [-0.1, -0.05) is 25.1 Å². The lowest BCUT2D eigenvalue weighted by Crippen LogP contribution is -2.16. The molecule has 0 aliphatic carbocycles. The molecule has 0 saturated carbocycles. The number of benzene rings is 1. The summed E-state index contributed by atoms with van der Waals surface area (Å²) in [5, 5.41) is 3.31. The van der Waals surface area contributed by atoms with Crippen LogP contribution in [0.5, 0.6) is 0 Å². The third kappa shape index (κ3) is 2.74. The van der Waals surface area contributed by atoms with Crippen molar-refractivity contribution in [2.24, 2.45) is 0 Å². The standard InChI is InChI=1S/C16H22N4/c1-5-13-15(17-6-2)18-11-19-16(13)20(4)14-10-8-7-9-12(14)3/h7-11H,5-6H2,1-4H3,(H,17,18,19). The van der Waals surface area contributed by atoms with E-state index in [2.05, 4.69) is 72.3 Å². The molecule has 1 N–H and O–H groups in total. The van der Waals surface area contributed by atoms with Crippen molar-refractivity contribution >= 4 is 17.3 Å². The van der Waals surface area contributed by atoms with Gasteiger partial charge in [-0.25, -0.2) is 9.97 Å². The lowest BCUT2D eigenvalue weighted by atomic mass is 10.1. The maximum absolute atomic E-state index is 4.48. The fraction of sp³-hybridized carbons (Fsp3) is 0.375. The van der Waals surface area contributed by atoms with Gasteiger partial charge >= 0.3 is 0 Å². The average molecular weight is 270 g/mol. The normalized spacial score (nSPS) is 10.4. The summed E-state index contributed by atoms with van der Waals surface area (Å²) in [6, 6.07) is 8.34. The first-order valence-corrected chi connectivity index (χ1v) is 7.06. The molecular weight excluding hydrogens is 248 g/mol. The number of nitrogens with zero attached hydrogens (tertiary/aromatic N) is 3. The summed E-state index contributed by atoms with van der Waals surface area (Å²) >= 11 is 0. The number of nitrogens with one attached hydrogen (secondary N) is 1. The summed E-state index contributed by atoms with van der Waals surface area (Å²) in [6.45, 7) is 7.18. The summed E-state index contributed by atoms with van der Waals surface area (Å²) in [5.41, 5.74) is 3.56. The average Bonchev–Trinajstić information content (AvgIpc) is 2.47. The molecule has 2 rings (SSSR count). The second kappa shape index (κ2) is 6.37. The summed E-state index contributed by atoms with van der Waals surface area (Å²) in [5.74, 6) is 1.90. The third-order valence-electron chi connectivity index (χ3n) is 3.41. The SMILES string of the molecule is CCNc1ncnc(N(C)c2ccccc2C)c1CC. The molecule has 0 unspecified atom stereocenters. The lowest BCUT2D eigenvalue weighted by Gasteiger charge is -2.23. The Balaban J connectivity index is 2.47. The van der Waals surface area contributed by atoms with Crippen molar-refractivity contribution in [1.82, 2.24) is 9.97 Å². The van der Waals surface area contributed by atoms with Crippen LogP contribution in [-0.4, -0.2) is 23.6 Å². The van der Waals surface area contributed by atoms with Crippen LogP contribution in [0.1, 0.15) is 25.0 Å². The molecule has 0 saturated heterocycles. The molecule has 2 aromatic rings. The number of aromatic nitrogens is 2.